The highest BCUT2D eigenvalue weighted by Gasteiger charge is 2.39. The standard InChI is InChI=1S/C17H22O6Si/c1-12(18)22-24(23-13(2)19)15-6-7-16-14(10-15)11-20-17(21-16)8-4-3-5-9-17/h6-7,10,24H,3-5,8-9,11H2,1-2H3. The third kappa shape index (κ3) is 3.79. The van der Waals surface area contributed by atoms with E-state index in [0.717, 1.165) is 37.0 Å². The van der Waals surface area contributed by atoms with Crippen molar-refractivity contribution in [3.8, 4) is 5.75 Å². The molecule has 0 amide bonds. The molecule has 0 bridgehead atoms. The van der Waals surface area contributed by atoms with Crippen molar-refractivity contribution in [3.05, 3.63) is 23.8 Å². The van der Waals surface area contributed by atoms with E-state index in [1.54, 1.807) is 0 Å². The molecule has 1 heterocycles. The number of hydrogen-bond donors (Lipinski definition) is 0. The highest BCUT2D eigenvalue weighted by Crippen LogP contribution is 2.39. The maximum Gasteiger partial charge on any atom is 0.483 e. The van der Waals surface area contributed by atoms with E-state index in [1.165, 1.54) is 20.3 Å². The lowest BCUT2D eigenvalue weighted by Gasteiger charge is -2.41. The summed E-state index contributed by atoms with van der Waals surface area (Å²) >= 11 is 0. The highest BCUT2D eigenvalue weighted by molar-refractivity contribution is 6.64. The second-order valence-electron chi connectivity index (χ2n) is 6.28. The summed E-state index contributed by atoms with van der Waals surface area (Å²) in [5, 5.41) is 0.714. The molecule has 0 aromatic heterocycles. The molecule has 1 aromatic rings. The van der Waals surface area contributed by atoms with Crippen LogP contribution in [0.1, 0.15) is 51.5 Å². The molecule has 1 fully saturated rings. The van der Waals surface area contributed by atoms with Gasteiger partial charge >= 0.3 is 9.28 Å². The first kappa shape index (κ1) is 17.0. The zero-order chi connectivity index (χ0) is 17.2. The van der Waals surface area contributed by atoms with Crippen LogP contribution in [0, 0.1) is 0 Å². The van der Waals surface area contributed by atoms with Crippen molar-refractivity contribution in [2.45, 2.75) is 58.3 Å². The van der Waals surface area contributed by atoms with Crippen LogP contribution >= 0.6 is 0 Å². The van der Waals surface area contributed by atoms with E-state index in [0.29, 0.717) is 11.8 Å². The maximum absolute atomic E-state index is 11.3. The van der Waals surface area contributed by atoms with Crippen LogP contribution in [0.3, 0.4) is 0 Å². The molecular weight excluding hydrogens is 328 g/mol. The molecule has 24 heavy (non-hydrogen) atoms. The molecule has 1 spiro atoms. The summed E-state index contributed by atoms with van der Waals surface area (Å²) in [5.74, 6) is -0.612. The van der Waals surface area contributed by atoms with E-state index in [4.69, 9.17) is 18.3 Å². The fourth-order valence-electron chi connectivity index (χ4n) is 3.20. The van der Waals surface area contributed by atoms with Crippen LogP contribution in [0.4, 0.5) is 0 Å². The van der Waals surface area contributed by atoms with E-state index in [1.807, 2.05) is 18.2 Å². The quantitative estimate of drug-likeness (QED) is 0.774. The lowest BCUT2D eigenvalue weighted by Crippen LogP contribution is -2.44. The number of rotatable bonds is 3. The Balaban J connectivity index is 1.80. The largest absolute Gasteiger partial charge is 0.484 e. The fourth-order valence-corrected chi connectivity index (χ4v) is 4.71. The first-order valence-electron chi connectivity index (χ1n) is 8.28. The Labute approximate surface area is 142 Å². The van der Waals surface area contributed by atoms with Crippen molar-refractivity contribution in [1.82, 2.24) is 0 Å². The van der Waals surface area contributed by atoms with Gasteiger partial charge in [0, 0.05) is 37.4 Å². The van der Waals surface area contributed by atoms with Crippen molar-refractivity contribution in [3.63, 3.8) is 0 Å². The molecular formula is C17H22O6Si. The summed E-state index contributed by atoms with van der Waals surface area (Å²) < 4.78 is 22.6. The van der Waals surface area contributed by atoms with Crippen molar-refractivity contribution >= 4 is 26.4 Å². The van der Waals surface area contributed by atoms with Crippen LogP contribution in [0.5, 0.6) is 5.75 Å². The van der Waals surface area contributed by atoms with E-state index in [-0.39, 0.29) is 0 Å². The fraction of sp³-hybridized carbons (Fsp3) is 0.529. The number of ether oxygens (including phenoxy) is 2. The average molecular weight is 350 g/mol. The SMILES string of the molecule is CC(=O)O[SiH](OC(C)=O)c1ccc2c(c1)COC1(CCCCC1)O2. The Bertz CT molecular complexity index is 622. The predicted octanol–water partition coefficient (Wildman–Crippen LogP) is 1.81. The van der Waals surface area contributed by atoms with Crippen molar-refractivity contribution < 1.29 is 27.9 Å². The molecule has 130 valence electrons. The highest BCUT2D eigenvalue weighted by atomic mass is 28.3. The zero-order valence-electron chi connectivity index (χ0n) is 14.0. The lowest BCUT2D eigenvalue weighted by atomic mass is 9.93. The topological polar surface area (TPSA) is 71.1 Å². The number of fused-ring (bicyclic) bond motifs is 1. The van der Waals surface area contributed by atoms with Crippen LogP contribution in [0.25, 0.3) is 0 Å². The van der Waals surface area contributed by atoms with Gasteiger partial charge in [0.2, 0.25) is 5.79 Å². The molecule has 0 N–H and O–H groups in total. The molecule has 0 unspecified atom stereocenters. The number of carbonyl (C=O) groups is 2. The maximum atomic E-state index is 11.3. The van der Waals surface area contributed by atoms with Crippen LogP contribution in [0.15, 0.2) is 18.2 Å². The molecule has 1 saturated carbocycles. The van der Waals surface area contributed by atoms with Gasteiger partial charge in [-0.25, -0.2) is 0 Å². The van der Waals surface area contributed by atoms with Gasteiger partial charge in [0.05, 0.1) is 6.61 Å². The van der Waals surface area contributed by atoms with E-state index in [2.05, 4.69) is 0 Å². The third-order valence-electron chi connectivity index (χ3n) is 4.30. The van der Waals surface area contributed by atoms with Crippen molar-refractivity contribution in [2.24, 2.45) is 0 Å². The molecule has 6 nitrogen and oxygen atoms in total. The Kier molecular flexibility index (Phi) is 4.91. The van der Waals surface area contributed by atoms with Gasteiger partial charge in [0.25, 0.3) is 11.9 Å². The van der Waals surface area contributed by atoms with Gasteiger partial charge in [-0.1, -0.05) is 12.5 Å². The second kappa shape index (κ2) is 6.94. The van der Waals surface area contributed by atoms with Gasteiger partial charge in [0.15, 0.2) is 0 Å². The van der Waals surface area contributed by atoms with Crippen molar-refractivity contribution in [2.75, 3.05) is 0 Å². The molecule has 1 aliphatic heterocycles. The van der Waals surface area contributed by atoms with Gasteiger partial charge in [-0.2, -0.15) is 0 Å². The van der Waals surface area contributed by atoms with Crippen LogP contribution in [0.2, 0.25) is 0 Å². The van der Waals surface area contributed by atoms with E-state index >= 15 is 0 Å². The number of hydrogen-bond acceptors (Lipinski definition) is 6. The molecule has 1 aromatic carbocycles. The van der Waals surface area contributed by atoms with Crippen LogP contribution in [-0.2, 0) is 29.8 Å². The smallest absolute Gasteiger partial charge is 0.483 e. The number of benzene rings is 1. The van der Waals surface area contributed by atoms with E-state index < -0.39 is 27.0 Å². The summed E-state index contributed by atoms with van der Waals surface area (Å²) in [6.45, 7) is 3.06. The van der Waals surface area contributed by atoms with Crippen LogP contribution in [-0.4, -0.2) is 27.0 Å². The van der Waals surface area contributed by atoms with Gasteiger partial charge < -0.3 is 18.3 Å². The number of carbonyl (C=O) groups excluding carboxylic acids is 2. The minimum atomic E-state index is -2.61. The summed E-state index contributed by atoms with van der Waals surface area (Å²) in [5.41, 5.74) is 0.889. The first-order chi connectivity index (χ1) is 11.5. The Morgan fingerprint density at radius 1 is 1.08 bits per heavy atom. The van der Waals surface area contributed by atoms with Gasteiger partial charge in [0.1, 0.15) is 5.75 Å². The Hall–Kier alpha value is -1.86. The second-order valence-corrected chi connectivity index (χ2v) is 8.08. The zero-order valence-corrected chi connectivity index (χ0v) is 15.2. The molecule has 0 atom stereocenters. The van der Waals surface area contributed by atoms with Gasteiger partial charge in [-0.05, 0) is 25.0 Å². The molecule has 2 aliphatic rings. The van der Waals surface area contributed by atoms with Gasteiger partial charge in [-0.3, -0.25) is 9.59 Å². The third-order valence-corrected chi connectivity index (χ3v) is 6.30. The summed E-state index contributed by atoms with van der Waals surface area (Å²) in [6, 6.07) is 5.52. The lowest BCUT2D eigenvalue weighted by molar-refractivity contribution is -0.222. The van der Waals surface area contributed by atoms with Crippen molar-refractivity contribution in [1.29, 1.82) is 0 Å². The summed E-state index contributed by atoms with van der Waals surface area (Å²) in [7, 11) is -2.61. The molecule has 0 saturated heterocycles. The molecule has 1 aliphatic carbocycles. The normalized spacial score (nSPS) is 18.6. The first-order valence-corrected chi connectivity index (χ1v) is 9.80. The Morgan fingerprint density at radius 2 is 1.75 bits per heavy atom. The molecule has 7 heteroatoms. The van der Waals surface area contributed by atoms with Crippen LogP contribution < -0.4 is 9.92 Å². The monoisotopic (exact) mass is 350 g/mol. The molecule has 3 rings (SSSR count). The van der Waals surface area contributed by atoms with Gasteiger partial charge in [-0.15, -0.1) is 0 Å². The summed E-state index contributed by atoms with van der Waals surface area (Å²) in [4.78, 5) is 22.5. The Morgan fingerprint density at radius 3 is 2.38 bits per heavy atom. The minimum absolute atomic E-state index is 0.449. The summed E-state index contributed by atoms with van der Waals surface area (Å²) in [6.07, 6.45) is 5.26. The van der Waals surface area contributed by atoms with E-state index in [9.17, 15) is 9.59 Å². The minimum Gasteiger partial charge on any atom is -0.484 e. The molecule has 0 radical (unpaired) electrons. The predicted molar refractivity (Wildman–Crippen MR) is 88.0 cm³/mol. The average Bonchev–Trinajstić information content (AvgIpc) is 2.54.